The largest absolute Gasteiger partial charge is 0.480 e. The lowest BCUT2D eigenvalue weighted by Crippen LogP contribution is -2.14. The summed E-state index contributed by atoms with van der Waals surface area (Å²) in [6.07, 6.45) is 1.39. The van der Waals surface area contributed by atoms with Crippen LogP contribution in [-0.4, -0.2) is 42.6 Å². The van der Waals surface area contributed by atoms with Crippen LogP contribution in [0.25, 0.3) is 27.7 Å². The molecule has 0 atom stereocenters. The maximum Gasteiger partial charge on any atom is 0.358 e. The molecule has 0 aliphatic carbocycles. The van der Waals surface area contributed by atoms with E-state index in [1.165, 1.54) is 10.6 Å². The molecule has 2 N–H and O–H groups in total. The molecule has 3 aromatic heterocycles. The number of benzene rings is 1. The maximum atomic E-state index is 12.4. The van der Waals surface area contributed by atoms with Crippen molar-refractivity contribution in [2.75, 3.05) is 6.61 Å². The van der Waals surface area contributed by atoms with E-state index in [0.29, 0.717) is 22.1 Å². The first-order chi connectivity index (χ1) is 12.5. The first-order valence-corrected chi connectivity index (χ1v) is 7.92. The van der Waals surface area contributed by atoms with Crippen LogP contribution >= 0.6 is 0 Å². The summed E-state index contributed by atoms with van der Waals surface area (Å²) in [5, 5.41) is 10.0. The van der Waals surface area contributed by atoms with Crippen molar-refractivity contribution in [1.82, 2.24) is 18.9 Å². The van der Waals surface area contributed by atoms with Gasteiger partial charge in [0.2, 0.25) is 5.65 Å². The highest BCUT2D eigenvalue weighted by molar-refractivity contribution is 6.05. The third-order valence-electron chi connectivity index (χ3n) is 4.10. The van der Waals surface area contributed by atoms with Crippen molar-refractivity contribution < 1.29 is 19.4 Å². The van der Waals surface area contributed by atoms with Gasteiger partial charge in [0.15, 0.2) is 5.69 Å². The number of ether oxygens (including phenoxy) is 1. The Labute approximate surface area is 145 Å². The standard InChI is InChI=1S/C17H14N4O5/c1-2-26-17(25)10-7-21-14(18-10)15(24)19-13-9-5-3-4-6-11(9)20(16(13)21)8-12(22)23/h3-7H,2,8H2,1H3,(H,19,24)(H,22,23). The fourth-order valence-corrected chi connectivity index (χ4v) is 3.13. The highest BCUT2D eigenvalue weighted by atomic mass is 16.5. The molecular weight excluding hydrogens is 340 g/mol. The van der Waals surface area contributed by atoms with Gasteiger partial charge in [-0.3, -0.25) is 14.0 Å². The summed E-state index contributed by atoms with van der Waals surface area (Å²) in [4.78, 5) is 42.6. The highest BCUT2D eigenvalue weighted by Crippen LogP contribution is 2.27. The lowest BCUT2D eigenvalue weighted by molar-refractivity contribution is -0.137. The van der Waals surface area contributed by atoms with E-state index in [9.17, 15) is 19.5 Å². The molecule has 26 heavy (non-hydrogen) atoms. The van der Waals surface area contributed by atoms with E-state index in [1.807, 2.05) is 0 Å². The Bertz CT molecular complexity index is 1250. The Hall–Kier alpha value is -3.62. The van der Waals surface area contributed by atoms with Gasteiger partial charge in [0, 0.05) is 11.6 Å². The molecule has 0 amide bonds. The summed E-state index contributed by atoms with van der Waals surface area (Å²) in [5.74, 6) is -1.68. The summed E-state index contributed by atoms with van der Waals surface area (Å²) in [7, 11) is 0. The van der Waals surface area contributed by atoms with Crippen LogP contribution in [0.3, 0.4) is 0 Å². The molecular formula is C17H14N4O5. The van der Waals surface area contributed by atoms with Gasteiger partial charge in [-0.25, -0.2) is 9.78 Å². The number of hydrogen-bond acceptors (Lipinski definition) is 5. The number of esters is 1. The Balaban J connectivity index is 2.15. The first kappa shape index (κ1) is 15.9. The molecule has 4 aromatic rings. The van der Waals surface area contributed by atoms with Gasteiger partial charge in [-0.2, -0.15) is 0 Å². The molecule has 0 unspecified atom stereocenters. The predicted molar refractivity (Wildman–Crippen MR) is 92.4 cm³/mol. The zero-order chi connectivity index (χ0) is 18.4. The molecule has 0 bridgehead atoms. The number of hydrogen-bond donors (Lipinski definition) is 2. The zero-order valence-corrected chi connectivity index (χ0v) is 13.7. The second-order valence-electron chi connectivity index (χ2n) is 5.69. The molecule has 4 rings (SSSR count). The zero-order valence-electron chi connectivity index (χ0n) is 13.7. The normalized spacial score (nSPS) is 11.4. The SMILES string of the molecule is CCOC(=O)c1cn2c(n1)c(=O)[nH]c1c3ccccc3n(CC(=O)O)c12. The highest BCUT2D eigenvalue weighted by Gasteiger charge is 2.21. The number of carboxylic acids is 1. The number of carbonyl (C=O) groups excluding carboxylic acids is 1. The molecule has 0 saturated carbocycles. The van der Waals surface area contributed by atoms with Gasteiger partial charge in [0.05, 0.1) is 17.6 Å². The third kappa shape index (κ3) is 2.25. The molecule has 1 aromatic carbocycles. The smallest absolute Gasteiger partial charge is 0.358 e. The number of rotatable bonds is 4. The molecule has 0 spiro atoms. The number of aromatic nitrogens is 4. The predicted octanol–water partition coefficient (Wildman–Crippen LogP) is 1.39. The molecule has 3 heterocycles. The van der Waals surface area contributed by atoms with Crippen molar-refractivity contribution in [3.8, 4) is 0 Å². The second kappa shape index (κ2) is 5.73. The lowest BCUT2D eigenvalue weighted by atomic mass is 10.2. The molecule has 0 radical (unpaired) electrons. The van der Waals surface area contributed by atoms with Crippen LogP contribution in [0, 0.1) is 0 Å². The van der Waals surface area contributed by atoms with Gasteiger partial charge in [-0.15, -0.1) is 0 Å². The van der Waals surface area contributed by atoms with Crippen molar-refractivity contribution in [1.29, 1.82) is 0 Å². The second-order valence-corrected chi connectivity index (χ2v) is 5.69. The van der Waals surface area contributed by atoms with Crippen molar-refractivity contribution in [2.45, 2.75) is 13.5 Å². The number of fused-ring (bicyclic) bond motifs is 5. The summed E-state index contributed by atoms with van der Waals surface area (Å²) in [6.45, 7) is 1.54. The number of aliphatic carboxylic acids is 1. The van der Waals surface area contributed by atoms with Gasteiger partial charge in [0.25, 0.3) is 5.56 Å². The minimum absolute atomic E-state index is 0.00463. The number of nitrogens with one attached hydrogen (secondary N) is 1. The van der Waals surface area contributed by atoms with E-state index in [4.69, 9.17) is 4.74 Å². The topological polar surface area (TPSA) is 119 Å². The number of H-pyrrole nitrogens is 1. The van der Waals surface area contributed by atoms with Crippen molar-refractivity contribution in [3.05, 3.63) is 46.5 Å². The van der Waals surface area contributed by atoms with Gasteiger partial charge in [-0.05, 0) is 13.0 Å². The molecule has 0 aliphatic heterocycles. The van der Waals surface area contributed by atoms with E-state index in [2.05, 4.69) is 9.97 Å². The fraction of sp³-hybridized carbons (Fsp3) is 0.176. The summed E-state index contributed by atoms with van der Waals surface area (Å²) >= 11 is 0. The quantitative estimate of drug-likeness (QED) is 0.535. The van der Waals surface area contributed by atoms with Crippen LogP contribution in [-0.2, 0) is 16.1 Å². The average Bonchev–Trinajstić information content (AvgIpc) is 3.17. The van der Waals surface area contributed by atoms with Crippen molar-refractivity contribution >= 4 is 39.7 Å². The summed E-state index contributed by atoms with van der Waals surface area (Å²) in [6, 6.07) is 7.15. The van der Waals surface area contributed by atoms with Gasteiger partial charge < -0.3 is 19.4 Å². The Morgan fingerprint density at radius 2 is 2.08 bits per heavy atom. The number of aromatic amines is 1. The third-order valence-corrected chi connectivity index (χ3v) is 4.10. The van der Waals surface area contributed by atoms with Gasteiger partial charge in [-0.1, -0.05) is 18.2 Å². The minimum atomic E-state index is -1.03. The molecule has 9 heteroatoms. The molecule has 0 saturated heterocycles. The minimum Gasteiger partial charge on any atom is -0.480 e. The lowest BCUT2D eigenvalue weighted by Gasteiger charge is -2.05. The van der Waals surface area contributed by atoms with Gasteiger partial charge >= 0.3 is 11.9 Å². The molecule has 0 fully saturated rings. The van der Waals surface area contributed by atoms with E-state index in [1.54, 1.807) is 35.8 Å². The van der Waals surface area contributed by atoms with Crippen LogP contribution in [0.1, 0.15) is 17.4 Å². The number of carbonyl (C=O) groups is 2. The van der Waals surface area contributed by atoms with Crippen molar-refractivity contribution in [2.24, 2.45) is 0 Å². The maximum absolute atomic E-state index is 12.4. The number of carboxylic acid groups (broad SMARTS) is 1. The van der Waals surface area contributed by atoms with Crippen LogP contribution < -0.4 is 5.56 Å². The molecule has 132 valence electrons. The van der Waals surface area contributed by atoms with Gasteiger partial charge in [0.1, 0.15) is 12.2 Å². The van der Waals surface area contributed by atoms with Crippen LogP contribution in [0.15, 0.2) is 35.3 Å². The fourth-order valence-electron chi connectivity index (χ4n) is 3.13. The number of imidazole rings is 1. The number of nitrogens with zero attached hydrogens (tertiary/aromatic N) is 3. The Morgan fingerprint density at radius 3 is 2.81 bits per heavy atom. The Kier molecular flexibility index (Phi) is 3.50. The monoisotopic (exact) mass is 354 g/mol. The molecule has 0 aliphatic rings. The van der Waals surface area contributed by atoms with E-state index in [0.717, 1.165) is 0 Å². The van der Waals surface area contributed by atoms with E-state index < -0.39 is 17.5 Å². The van der Waals surface area contributed by atoms with Crippen LogP contribution in [0.2, 0.25) is 0 Å². The van der Waals surface area contributed by atoms with E-state index in [-0.39, 0.29) is 24.5 Å². The Morgan fingerprint density at radius 1 is 1.31 bits per heavy atom. The average molecular weight is 354 g/mol. The number of para-hydroxylation sites is 1. The van der Waals surface area contributed by atoms with Crippen molar-refractivity contribution in [3.63, 3.8) is 0 Å². The summed E-state index contributed by atoms with van der Waals surface area (Å²) in [5.41, 5.74) is 1.07. The van der Waals surface area contributed by atoms with Crippen LogP contribution in [0.5, 0.6) is 0 Å². The van der Waals surface area contributed by atoms with E-state index >= 15 is 0 Å². The summed E-state index contributed by atoms with van der Waals surface area (Å²) < 4.78 is 7.93. The first-order valence-electron chi connectivity index (χ1n) is 7.92. The van der Waals surface area contributed by atoms with Crippen LogP contribution in [0.4, 0.5) is 0 Å². The molecule has 9 nitrogen and oxygen atoms in total.